The van der Waals surface area contributed by atoms with Gasteiger partial charge in [-0.25, -0.2) is 4.98 Å². The summed E-state index contributed by atoms with van der Waals surface area (Å²) in [5.74, 6) is -0.833. The first kappa shape index (κ1) is 10.6. The third-order valence-electron chi connectivity index (χ3n) is 0.955. The van der Waals surface area contributed by atoms with E-state index < -0.39 is 5.97 Å². The van der Waals surface area contributed by atoms with E-state index in [1.165, 1.54) is 0 Å². The highest BCUT2D eigenvalue weighted by Crippen LogP contribution is 1.88. The Morgan fingerprint density at radius 3 is 2.75 bits per heavy atom. The van der Waals surface area contributed by atoms with Crippen molar-refractivity contribution in [1.29, 1.82) is 0 Å². The van der Waals surface area contributed by atoms with Gasteiger partial charge >= 0.3 is 0 Å². The lowest BCUT2D eigenvalue weighted by molar-refractivity contribution is -0.134. The molecule has 0 aliphatic rings. The topological polar surface area (TPSA) is 92.0 Å². The number of aromatic nitrogens is 2. The zero-order valence-corrected chi connectivity index (χ0v) is 6.95. The molecule has 0 bridgehead atoms. The number of imidazole rings is 1. The standard InChI is InChI=1S/C5H9N3.C2H4O2/c6-2-1-5-3-7-4-8-5;1-2(3)4/h3-4H,1-2,6H2,(H,7,8);1H3,(H,3,4). The summed E-state index contributed by atoms with van der Waals surface area (Å²) in [4.78, 5) is 15.8. The van der Waals surface area contributed by atoms with Crippen LogP contribution in [0.25, 0.3) is 0 Å². The molecule has 0 aliphatic heterocycles. The van der Waals surface area contributed by atoms with Crippen molar-refractivity contribution in [2.24, 2.45) is 5.73 Å². The number of nitrogens with zero attached hydrogens (tertiary/aromatic N) is 1. The number of rotatable bonds is 2. The summed E-state index contributed by atoms with van der Waals surface area (Å²) >= 11 is 0. The largest absolute Gasteiger partial charge is 0.481 e. The summed E-state index contributed by atoms with van der Waals surface area (Å²) in [5.41, 5.74) is 6.30. The maximum absolute atomic E-state index is 9.00. The second-order valence-corrected chi connectivity index (χ2v) is 2.12. The van der Waals surface area contributed by atoms with Gasteiger partial charge in [0, 0.05) is 19.5 Å². The van der Waals surface area contributed by atoms with Crippen molar-refractivity contribution in [3.63, 3.8) is 0 Å². The van der Waals surface area contributed by atoms with Crippen molar-refractivity contribution in [2.75, 3.05) is 6.54 Å². The smallest absolute Gasteiger partial charge is 0.300 e. The van der Waals surface area contributed by atoms with E-state index in [2.05, 4.69) is 9.97 Å². The highest BCUT2D eigenvalue weighted by atomic mass is 16.4. The second-order valence-electron chi connectivity index (χ2n) is 2.12. The van der Waals surface area contributed by atoms with Gasteiger partial charge in [0.25, 0.3) is 5.97 Å². The number of nitrogens with one attached hydrogen (secondary N) is 1. The molecule has 0 radical (unpaired) electrons. The maximum atomic E-state index is 9.00. The van der Waals surface area contributed by atoms with E-state index >= 15 is 0 Å². The van der Waals surface area contributed by atoms with Gasteiger partial charge in [0.15, 0.2) is 0 Å². The first-order valence-corrected chi connectivity index (χ1v) is 3.54. The molecule has 0 atom stereocenters. The Labute approximate surface area is 70.6 Å². The molecule has 0 aromatic carbocycles. The van der Waals surface area contributed by atoms with E-state index in [0.717, 1.165) is 19.0 Å². The Morgan fingerprint density at radius 1 is 1.83 bits per heavy atom. The van der Waals surface area contributed by atoms with Crippen LogP contribution < -0.4 is 5.73 Å². The molecular formula is C7H13N3O2. The minimum absolute atomic E-state index is 0.671. The first-order valence-electron chi connectivity index (χ1n) is 3.54. The van der Waals surface area contributed by atoms with E-state index in [4.69, 9.17) is 15.6 Å². The van der Waals surface area contributed by atoms with Crippen LogP contribution in [0.1, 0.15) is 12.6 Å². The summed E-state index contributed by atoms with van der Waals surface area (Å²) < 4.78 is 0. The number of aromatic amines is 1. The summed E-state index contributed by atoms with van der Waals surface area (Å²) in [6, 6.07) is 0. The van der Waals surface area contributed by atoms with E-state index in [1.807, 2.05) is 6.20 Å². The minimum atomic E-state index is -0.833. The van der Waals surface area contributed by atoms with E-state index in [-0.39, 0.29) is 0 Å². The molecule has 4 N–H and O–H groups in total. The van der Waals surface area contributed by atoms with E-state index in [9.17, 15) is 0 Å². The van der Waals surface area contributed by atoms with Crippen molar-refractivity contribution < 1.29 is 9.90 Å². The number of H-pyrrole nitrogens is 1. The Balaban J connectivity index is 0.000000261. The molecule has 5 heteroatoms. The molecule has 0 saturated carbocycles. The van der Waals surface area contributed by atoms with Gasteiger partial charge < -0.3 is 15.8 Å². The SMILES string of the molecule is CC(=O)O.NCCc1c[nH]cn1. The number of carbonyl (C=O) groups is 1. The van der Waals surface area contributed by atoms with Crippen LogP contribution in [-0.2, 0) is 11.2 Å². The molecule has 0 saturated heterocycles. The van der Waals surface area contributed by atoms with Gasteiger partial charge in [-0.3, -0.25) is 4.79 Å². The molecule has 12 heavy (non-hydrogen) atoms. The van der Waals surface area contributed by atoms with Crippen molar-refractivity contribution in [3.8, 4) is 0 Å². The minimum Gasteiger partial charge on any atom is -0.481 e. The van der Waals surface area contributed by atoms with Gasteiger partial charge in [0.1, 0.15) is 0 Å². The van der Waals surface area contributed by atoms with Crippen LogP contribution in [0.5, 0.6) is 0 Å². The first-order chi connectivity index (χ1) is 5.66. The fourth-order valence-corrected chi connectivity index (χ4v) is 0.576. The summed E-state index contributed by atoms with van der Waals surface area (Å²) in [5, 5.41) is 7.42. The number of hydrogen-bond donors (Lipinski definition) is 3. The van der Waals surface area contributed by atoms with Gasteiger partial charge in [-0.1, -0.05) is 0 Å². The van der Waals surface area contributed by atoms with Gasteiger partial charge in [-0.05, 0) is 6.54 Å². The summed E-state index contributed by atoms with van der Waals surface area (Å²) in [6.07, 6.45) is 4.38. The number of hydrogen-bond acceptors (Lipinski definition) is 3. The lowest BCUT2D eigenvalue weighted by Crippen LogP contribution is -2.02. The van der Waals surface area contributed by atoms with Gasteiger partial charge in [-0.15, -0.1) is 0 Å². The molecule has 1 heterocycles. The lowest BCUT2D eigenvalue weighted by atomic mass is 10.3. The van der Waals surface area contributed by atoms with E-state index in [1.54, 1.807) is 6.33 Å². The Hall–Kier alpha value is -1.36. The summed E-state index contributed by atoms with van der Waals surface area (Å²) in [7, 11) is 0. The van der Waals surface area contributed by atoms with Crippen LogP contribution in [0.15, 0.2) is 12.5 Å². The molecule has 0 aliphatic carbocycles. The quantitative estimate of drug-likeness (QED) is 0.584. The lowest BCUT2D eigenvalue weighted by Gasteiger charge is -1.85. The predicted molar refractivity (Wildman–Crippen MR) is 44.7 cm³/mol. The van der Waals surface area contributed by atoms with Crippen LogP contribution in [0, 0.1) is 0 Å². The van der Waals surface area contributed by atoms with Crippen LogP contribution in [0.3, 0.4) is 0 Å². The van der Waals surface area contributed by atoms with Crippen LogP contribution in [-0.4, -0.2) is 27.6 Å². The Morgan fingerprint density at radius 2 is 2.42 bits per heavy atom. The fourth-order valence-electron chi connectivity index (χ4n) is 0.576. The average molecular weight is 171 g/mol. The molecule has 5 nitrogen and oxygen atoms in total. The number of carboxylic acids is 1. The van der Waals surface area contributed by atoms with E-state index in [0.29, 0.717) is 6.54 Å². The number of carboxylic acid groups (broad SMARTS) is 1. The number of aliphatic carboxylic acids is 1. The molecule has 1 aromatic heterocycles. The van der Waals surface area contributed by atoms with Crippen molar-refractivity contribution in [3.05, 3.63) is 18.2 Å². The molecule has 0 spiro atoms. The van der Waals surface area contributed by atoms with Gasteiger partial charge in [0.05, 0.1) is 12.0 Å². The molecule has 0 unspecified atom stereocenters. The van der Waals surface area contributed by atoms with Crippen LogP contribution in [0.4, 0.5) is 0 Å². The fraction of sp³-hybridized carbons (Fsp3) is 0.429. The van der Waals surface area contributed by atoms with Crippen LogP contribution in [0.2, 0.25) is 0 Å². The Bertz CT molecular complexity index is 204. The van der Waals surface area contributed by atoms with Crippen molar-refractivity contribution in [1.82, 2.24) is 9.97 Å². The zero-order chi connectivity index (χ0) is 9.40. The highest BCUT2D eigenvalue weighted by Gasteiger charge is 1.87. The van der Waals surface area contributed by atoms with Crippen molar-refractivity contribution >= 4 is 5.97 Å². The van der Waals surface area contributed by atoms with Gasteiger partial charge in [0.2, 0.25) is 0 Å². The molecular weight excluding hydrogens is 158 g/mol. The molecule has 68 valence electrons. The predicted octanol–water partition coefficient (Wildman–Crippen LogP) is 0.00180. The highest BCUT2D eigenvalue weighted by molar-refractivity contribution is 5.62. The second kappa shape index (κ2) is 6.36. The average Bonchev–Trinajstić information content (AvgIpc) is 2.39. The zero-order valence-electron chi connectivity index (χ0n) is 6.95. The third-order valence-corrected chi connectivity index (χ3v) is 0.955. The molecule has 1 rings (SSSR count). The normalized spacial score (nSPS) is 8.50. The molecule has 1 aromatic rings. The van der Waals surface area contributed by atoms with Crippen LogP contribution >= 0.6 is 0 Å². The van der Waals surface area contributed by atoms with Gasteiger partial charge in [-0.2, -0.15) is 0 Å². The van der Waals surface area contributed by atoms with Crippen molar-refractivity contribution in [2.45, 2.75) is 13.3 Å². The summed E-state index contributed by atoms with van der Waals surface area (Å²) in [6.45, 7) is 1.75. The monoisotopic (exact) mass is 171 g/mol. The third kappa shape index (κ3) is 6.76. The maximum Gasteiger partial charge on any atom is 0.300 e. The Kier molecular flexibility index (Phi) is 5.64. The molecule has 0 amide bonds. The molecule has 0 fully saturated rings. The number of nitrogens with two attached hydrogens (primary N) is 1.